The van der Waals surface area contributed by atoms with E-state index in [1.807, 2.05) is 0 Å². The van der Waals surface area contributed by atoms with Gasteiger partial charge >= 0.3 is 0 Å². The highest BCUT2D eigenvalue weighted by Crippen LogP contribution is 2.36. The van der Waals surface area contributed by atoms with E-state index in [0.717, 1.165) is 0 Å². The average molecular weight is 393 g/mol. The Balaban J connectivity index is 2.37. The molecule has 0 radical (unpaired) electrons. The smallest absolute Gasteiger partial charge is 0.137 e. The Labute approximate surface area is 140 Å². The van der Waals surface area contributed by atoms with Gasteiger partial charge in [0.2, 0.25) is 0 Å². The van der Waals surface area contributed by atoms with Gasteiger partial charge in [0.1, 0.15) is 5.82 Å². The predicted octanol–water partition coefficient (Wildman–Crippen LogP) is 4.67. The third-order valence-corrected chi connectivity index (χ3v) is 4.45. The summed E-state index contributed by atoms with van der Waals surface area (Å²) in [6, 6.07) is 9.39. The Morgan fingerprint density at radius 2 is 1.90 bits per heavy atom. The van der Waals surface area contributed by atoms with Crippen LogP contribution in [0.15, 0.2) is 40.9 Å². The van der Waals surface area contributed by atoms with Crippen molar-refractivity contribution in [3.05, 3.63) is 67.9 Å². The summed E-state index contributed by atoms with van der Waals surface area (Å²) in [5.41, 5.74) is 7.05. The molecule has 0 aromatic heterocycles. The fourth-order valence-electron chi connectivity index (χ4n) is 2.16. The maximum Gasteiger partial charge on any atom is 0.137 e. The van der Waals surface area contributed by atoms with Gasteiger partial charge in [-0.25, -0.2) is 4.39 Å². The molecule has 6 heteroatoms. The van der Waals surface area contributed by atoms with Crippen LogP contribution in [-0.4, -0.2) is 11.7 Å². The van der Waals surface area contributed by atoms with Crippen LogP contribution in [-0.2, 0) is 0 Å². The first-order chi connectivity index (χ1) is 9.93. The molecular formula is C15H13BrCl2FNO. The van der Waals surface area contributed by atoms with Crippen LogP contribution in [0.25, 0.3) is 0 Å². The molecule has 2 unspecified atom stereocenters. The molecule has 2 rings (SSSR count). The van der Waals surface area contributed by atoms with Gasteiger partial charge in [-0.3, -0.25) is 0 Å². The lowest BCUT2D eigenvalue weighted by Crippen LogP contribution is -2.20. The number of rotatable bonds is 4. The Hall–Kier alpha value is -0.650. The molecule has 21 heavy (non-hydrogen) atoms. The SMILES string of the molecule is NCC(c1ccc(Cl)cc1Cl)C(O)c1ccc(F)c(Br)c1. The minimum atomic E-state index is -0.898. The molecular weight excluding hydrogens is 380 g/mol. The molecule has 0 heterocycles. The van der Waals surface area contributed by atoms with Crippen molar-refractivity contribution in [1.29, 1.82) is 0 Å². The van der Waals surface area contributed by atoms with Crippen molar-refractivity contribution in [3.63, 3.8) is 0 Å². The molecule has 2 nitrogen and oxygen atoms in total. The van der Waals surface area contributed by atoms with E-state index in [-0.39, 0.29) is 16.8 Å². The fraction of sp³-hybridized carbons (Fsp3) is 0.200. The zero-order valence-electron chi connectivity index (χ0n) is 10.9. The van der Waals surface area contributed by atoms with Gasteiger partial charge in [-0.1, -0.05) is 35.3 Å². The lowest BCUT2D eigenvalue weighted by molar-refractivity contribution is 0.147. The Kier molecular flexibility index (Phi) is 5.63. The fourth-order valence-corrected chi connectivity index (χ4v) is 3.10. The topological polar surface area (TPSA) is 46.2 Å². The van der Waals surface area contributed by atoms with Gasteiger partial charge in [-0.05, 0) is 51.3 Å². The lowest BCUT2D eigenvalue weighted by atomic mass is 9.89. The highest BCUT2D eigenvalue weighted by molar-refractivity contribution is 9.10. The molecule has 0 aliphatic carbocycles. The summed E-state index contributed by atoms with van der Waals surface area (Å²) in [6.45, 7) is 0.192. The van der Waals surface area contributed by atoms with E-state index >= 15 is 0 Å². The molecule has 3 N–H and O–H groups in total. The Morgan fingerprint density at radius 3 is 2.48 bits per heavy atom. The minimum absolute atomic E-state index is 0.192. The molecule has 2 atom stereocenters. The first kappa shape index (κ1) is 16.7. The molecule has 0 fully saturated rings. The van der Waals surface area contributed by atoms with Crippen molar-refractivity contribution in [2.45, 2.75) is 12.0 Å². The van der Waals surface area contributed by atoms with Crippen LogP contribution < -0.4 is 5.73 Å². The van der Waals surface area contributed by atoms with Gasteiger partial charge in [-0.15, -0.1) is 0 Å². The normalized spacial score (nSPS) is 14.0. The second-order valence-electron chi connectivity index (χ2n) is 4.63. The molecule has 0 aliphatic rings. The van der Waals surface area contributed by atoms with Crippen LogP contribution >= 0.6 is 39.1 Å². The molecule has 2 aromatic carbocycles. The number of aliphatic hydroxyl groups excluding tert-OH is 1. The molecule has 0 saturated heterocycles. The molecule has 0 saturated carbocycles. The van der Waals surface area contributed by atoms with Crippen molar-refractivity contribution < 1.29 is 9.50 Å². The predicted molar refractivity (Wildman–Crippen MR) is 87.3 cm³/mol. The zero-order chi connectivity index (χ0) is 15.6. The summed E-state index contributed by atoms with van der Waals surface area (Å²) >= 11 is 15.1. The Bertz CT molecular complexity index is 654. The molecule has 112 valence electrons. The summed E-state index contributed by atoms with van der Waals surface area (Å²) in [4.78, 5) is 0. The average Bonchev–Trinajstić information content (AvgIpc) is 2.44. The zero-order valence-corrected chi connectivity index (χ0v) is 14.0. The Morgan fingerprint density at radius 1 is 1.19 bits per heavy atom. The lowest BCUT2D eigenvalue weighted by Gasteiger charge is -2.23. The van der Waals surface area contributed by atoms with E-state index in [2.05, 4.69) is 15.9 Å². The van der Waals surface area contributed by atoms with E-state index in [9.17, 15) is 9.50 Å². The van der Waals surface area contributed by atoms with Crippen molar-refractivity contribution in [2.75, 3.05) is 6.54 Å². The van der Waals surface area contributed by atoms with Crippen LogP contribution in [0, 0.1) is 5.82 Å². The first-order valence-electron chi connectivity index (χ1n) is 6.22. The van der Waals surface area contributed by atoms with Crippen LogP contribution in [0.1, 0.15) is 23.1 Å². The monoisotopic (exact) mass is 391 g/mol. The number of halogens is 4. The third kappa shape index (κ3) is 3.76. The second-order valence-corrected chi connectivity index (χ2v) is 6.32. The van der Waals surface area contributed by atoms with Crippen molar-refractivity contribution in [3.8, 4) is 0 Å². The van der Waals surface area contributed by atoms with Crippen LogP contribution in [0.2, 0.25) is 10.0 Å². The summed E-state index contributed by atoms with van der Waals surface area (Å²) in [5, 5.41) is 11.5. The standard InChI is InChI=1S/C15H13BrCl2FNO/c16-12-5-8(1-4-14(12)19)15(21)11(7-20)10-3-2-9(17)6-13(10)18/h1-6,11,15,21H,7,20H2. The number of aliphatic hydroxyl groups is 1. The maximum absolute atomic E-state index is 13.3. The quantitative estimate of drug-likeness (QED) is 0.793. The van der Waals surface area contributed by atoms with Crippen LogP contribution in [0.4, 0.5) is 4.39 Å². The molecule has 2 aromatic rings. The summed E-state index contributed by atoms with van der Waals surface area (Å²) in [6.07, 6.45) is -0.898. The van der Waals surface area contributed by atoms with Crippen molar-refractivity contribution in [2.24, 2.45) is 5.73 Å². The van der Waals surface area contributed by atoms with E-state index in [0.29, 0.717) is 21.2 Å². The van der Waals surface area contributed by atoms with Gasteiger partial charge in [0.25, 0.3) is 0 Å². The second kappa shape index (κ2) is 7.07. The molecule has 0 amide bonds. The number of hydrogen-bond acceptors (Lipinski definition) is 2. The van der Waals surface area contributed by atoms with Gasteiger partial charge in [0, 0.05) is 22.5 Å². The van der Waals surface area contributed by atoms with Crippen molar-refractivity contribution in [1.82, 2.24) is 0 Å². The van der Waals surface area contributed by atoms with Gasteiger partial charge in [-0.2, -0.15) is 0 Å². The van der Waals surface area contributed by atoms with E-state index in [1.54, 1.807) is 18.2 Å². The first-order valence-corrected chi connectivity index (χ1v) is 7.77. The van der Waals surface area contributed by atoms with Gasteiger partial charge < -0.3 is 10.8 Å². The summed E-state index contributed by atoms with van der Waals surface area (Å²) in [5.74, 6) is -0.799. The third-order valence-electron chi connectivity index (χ3n) is 3.28. The molecule has 0 aliphatic heterocycles. The van der Waals surface area contributed by atoms with E-state index < -0.39 is 12.0 Å². The van der Waals surface area contributed by atoms with Crippen molar-refractivity contribution >= 4 is 39.1 Å². The minimum Gasteiger partial charge on any atom is -0.388 e. The number of benzene rings is 2. The maximum atomic E-state index is 13.3. The molecule has 0 bridgehead atoms. The van der Waals surface area contributed by atoms with Gasteiger partial charge in [0.15, 0.2) is 0 Å². The summed E-state index contributed by atoms with van der Waals surface area (Å²) in [7, 11) is 0. The summed E-state index contributed by atoms with van der Waals surface area (Å²) < 4.78 is 13.6. The highest BCUT2D eigenvalue weighted by Gasteiger charge is 2.24. The largest absolute Gasteiger partial charge is 0.388 e. The van der Waals surface area contributed by atoms with Gasteiger partial charge in [0.05, 0.1) is 10.6 Å². The highest BCUT2D eigenvalue weighted by atomic mass is 79.9. The van der Waals surface area contributed by atoms with E-state index in [4.69, 9.17) is 28.9 Å². The van der Waals surface area contributed by atoms with Crippen LogP contribution in [0.5, 0.6) is 0 Å². The molecule has 0 spiro atoms. The number of hydrogen-bond donors (Lipinski definition) is 2. The number of nitrogens with two attached hydrogens (primary N) is 1. The van der Waals surface area contributed by atoms with E-state index in [1.165, 1.54) is 18.2 Å². The van der Waals surface area contributed by atoms with Crippen LogP contribution in [0.3, 0.4) is 0 Å².